The summed E-state index contributed by atoms with van der Waals surface area (Å²) < 4.78 is 5.00. The highest BCUT2D eigenvalue weighted by Gasteiger charge is 2.48. The number of rotatable bonds is 2. The van der Waals surface area contributed by atoms with Crippen LogP contribution in [0.4, 0.5) is 0 Å². The number of hydrogen-bond donors (Lipinski definition) is 1. The van der Waals surface area contributed by atoms with Gasteiger partial charge in [-0.2, -0.15) is 0 Å². The maximum Gasteiger partial charge on any atom is 0.309 e. The molecule has 0 radical (unpaired) electrons. The molecule has 2 bridgehead atoms. The zero-order valence-electron chi connectivity index (χ0n) is 8.27. The summed E-state index contributed by atoms with van der Waals surface area (Å²) in [6.45, 7) is 2.24. The van der Waals surface area contributed by atoms with Crippen molar-refractivity contribution in [2.24, 2.45) is 22.9 Å². The molecule has 0 spiro atoms. The first-order valence-electron chi connectivity index (χ1n) is 5.13. The zero-order valence-corrected chi connectivity index (χ0v) is 8.27. The van der Waals surface area contributed by atoms with Crippen LogP contribution in [0.1, 0.15) is 26.2 Å². The van der Waals surface area contributed by atoms with E-state index in [1.54, 1.807) is 0 Å². The van der Waals surface area contributed by atoms with E-state index >= 15 is 0 Å². The van der Waals surface area contributed by atoms with Crippen LogP contribution in [0.25, 0.3) is 0 Å². The quantitative estimate of drug-likeness (QED) is 0.414. The molecule has 1 N–H and O–H groups in total. The Morgan fingerprint density at radius 2 is 2.43 bits per heavy atom. The number of carbonyl (C=O) groups is 1. The number of carbonyl (C=O) groups excluding carboxylic acids is 1. The van der Waals surface area contributed by atoms with E-state index in [1.165, 1.54) is 0 Å². The molecule has 2 saturated carbocycles. The van der Waals surface area contributed by atoms with Gasteiger partial charge in [-0.1, -0.05) is 5.16 Å². The van der Waals surface area contributed by atoms with Crippen molar-refractivity contribution in [3.63, 3.8) is 0 Å². The highest BCUT2D eigenvalue weighted by molar-refractivity contribution is 5.93. The number of oxime groups is 1. The predicted octanol–water partition coefficient (Wildman–Crippen LogP) is 1.43. The molecule has 0 heterocycles. The maximum atomic E-state index is 11.5. The van der Waals surface area contributed by atoms with E-state index in [4.69, 9.17) is 9.94 Å². The second kappa shape index (κ2) is 3.59. The molecular weight excluding hydrogens is 182 g/mol. The van der Waals surface area contributed by atoms with E-state index in [0.29, 0.717) is 12.5 Å². The molecule has 14 heavy (non-hydrogen) atoms. The van der Waals surface area contributed by atoms with Gasteiger partial charge in [0.05, 0.1) is 18.2 Å². The first-order chi connectivity index (χ1) is 6.76. The Labute approximate surface area is 82.9 Å². The van der Waals surface area contributed by atoms with Crippen molar-refractivity contribution in [3.05, 3.63) is 0 Å². The molecule has 0 amide bonds. The first kappa shape index (κ1) is 9.49. The minimum absolute atomic E-state index is 0.0559. The molecule has 4 nitrogen and oxygen atoms in total. The third-order valence-corrected chi connectivity index (χ3v) is 3.30. The van der Waals surface area contributed by atoms with Gasteiger partial charge in [-0.15, -0.1) is 0 Å². The summed E-state index contributed by atoms with van der Waals surface area (Å²) in [5, 5.41) is 12.0. The van der Waals surface area contributed by atoms with Crippen LogP contribution >= 0.6 is 0 Å². The van der Waals surface area contributed by atoms with Crippen LogP contribution in [0.2, 0.25) is 0 Å². The summed E-state index contributed by atoms with van der Waals surface area (Å²) in [5.41, 5.74) is 0.791. The van der Waals surface area contributed by atoms with E-state index in [-0.39, 0.29) is 17.8 Å². The minimum atomic E-state index is -0.124. The van der Waals surface area contributed by atoms with Crippen LogP contribution in [0, 0.1) is 17.8 Å². The molecule has 0 aromatic heterocycles. The van der Waals surface area contributed by atoms with Gasteiger partial charge in [0, 0.05) is 5.92 Å². The van der Waals surface area contributed by atoms with E-state index < -0.39 is 0 Å². The van der Waals surface area contributed by atoms with Gasteiger partial charge < -0.3 is 9.94 Å². The van der Waals surface area contributed by atoms with E-state index in [0.717, 1.165) is 25.0 Å². The fourth-order valence-corrected chi connectivity index (χ4v) is 2.75. The van der Waals surface area contributed by atoms with Crippen molar-refractivity contribution in [2.45, 2.75) is 26.2 Å². The molecule has 0 aromatic rings. The average Bonchev–Trinajstić information content (AvgIpc) is 2.76. The SMILES string of the molecule is CCOC(=O)[C@@H]1C[C@@H]2C/C(=N/O)[C@H]1C2. The summed E-state index contributed by atoms with van der Waals surface area (Å²) in [6.07, 6.45) is 2.75. The second-order valence-electron chi connectivity index (χ2n) is 4.10. The Bertz CT molecular complexity index is 275. The third kappa shape index (κ3) is 1.38. The first-order valence-corrected chi connectivity index (χ1v) is 5.13. The van der Waals surface area contributed by atoms with Gasteiger partial charge in [0.1, 0.15) is 0 Å². The standard InChI is InChI=1S/C10H15NO3/c1-2-14-10(12)8-4-6-3-7(8)9(5-6)11-13/h6-8,13H,2-5H2,1H3/b11-9-/t6-,7+,8-/m1/s1. The topological polar surface area (TPSA) is 58.9 Å². The zero-order chi connectivity index (χ0) is 10.1. The van der Waals surface area contributed by atoms with Gasteiger partial charge >= 0.3 is 5.97 Å². The molecule has 0 saturated heterocycles. The van der Waals surface area contributed by atoms with Gasteiger partial charge in [0.2, 0.25) is 0 Å². The number of ether oxygens (including phenoxy) is 1. The van der Waals surface area contributed by atoms with Gasteiger partial charge in [0.25, 0.3) is 0 Å². The summed E-state index contributed by atoms with van der Waals surface area (Å²) in [7, 11) is 0. The van der Waals surface area contributed by atoms with Crippen LogP contribution in [-0.2, 0) is 9.53 Å². The monoisotopic (exact) mass is 197 g/mol. The predicted molar refractivity (Wildman–Crippen MR) is 50.2 cm³/mol. The Morgan fingerprint density at radius 3 is 3.00 bits per heavy atom. The fraction of sp³-hybridized carbons (Fsp3) is 0.800. The normalized spacial score (nSPS) is 37.8. The number of hydrogen-bond acceptors (Lipinski definition) is 4. The smallest absolute Gasteiger partial charge is 0.309 e. The highest BCUT2D eigenvalue weighted by atomic mass is 16.5. The minimum Gasteiger partial charge on any atom is -0.466 e. The van der Waals surface area contributed by atoms with Crippen molar-refractivity contribution in [1.29, 1.82) is 0 Å². The second-order valence-corrected chi connectivity index (χ2v) is 4.10. The summed E-state index contributed by atoms with van der Waals surface area (Å²) in [4.78, 5) is 11.5. The summed E-state index contributed by atoms with van der Waals surface area (Å²) in [5.74, 6) is 0.491. The van der Waals surface area contributed by atoms with Crippen LogP contribution < -0.4 is 0 Å². The van der Waals surface area contributed by atoms with Gasteiger partial charge in [-0.25, -0.2) is 0 Å². The van der Waals surface area contributed by atoms with E-state index in [9.17, 15) is 4.79 Å². The fourth-order valence-electron chi connectivity index (χ4n) is 2.75. The molecule has 2 aliphatic carbocycles. The lowest BCUT2D eigenvalue weighted by atomic mass is 9.87. The molecule has 0 aromatic carbocycles. The molecule has 0 aliphatic heterocycles. The van der Waals surface area contributed by atoms with Crippen molar-refractivity contribution in [1.82, 2.24) is 0 Å². The lowest BCUT2D eigenvalue weighted by molar-refractivity contribution is -0.148. The van der Waals surface area contributed by atoms with E-state index in [2.05, 4.69) is 5.16 Å². The molecule has 78 valence electrons. The van der Waals surface area contributed by atoms with Crippen LogP contribution in [0.15, 0.2) is 5.16 Å². The largest absolute Gasteiger partial charge is 0.466 e. The van der Waals surface area contributed by atoms with Gasteiger partial charge in [0.15, 0.2) is 0 Å². The molecule has 3 atom stereocenters. The van der Waals surface area contributed by atoms with Crippen LogP contribution in [0.5, 0.6) is 0 Å². The van der Waals surface area contributed by atoms with E-state index in [1.807, 2.05) is 6.92 Å². The Kier molecular flexibility index (Phi) is 2.44. The molecule has 2 aliphatic rings. The maximum absolute atomic E-state index is 11.5. The molecule has 0 unspecified atom stereocenters. The lowest BCUT2D eigenvalue weighted by Gasteiger charge is -2.20. The third-order valence-electron chi connectivity index (χ3n) is 3.30. The lowest BCUT2D eigenvalue weighted by Crippen LogP contribution is -2.28. The molecular formula is C10H15NO3. The number of nitrogens with zero attached hydrogens (tertiary/aromatic N) is 1. The Morgan fingerprint density at radius 1 is 1.64 bits per heavy atom. The highest BCUT2D eigenvalue weighted by Crippen LogP contribution is 2.47. The molecule has 4 heteroatoms. The van der Waals surface area contributed by atoms with Crippen molar-refractivity contribution in [2.75, 3.05) is 6.61 Å². The van der Waals surface area contributed by atoms with Gasteiger partial charge in [-0.05, 0) is 32.1 Å². The summed E-state index contributed by atoms with van der Waals surface area (Å²) >= 11 is 0. The van der Waals surface area contributed by atoms with Gasteiger partial charge in [-0.3, -0.25) is 4.79 Å². The van der Waals surface area contributed by atoms with Crippen molar-refractivity contribution in [3.8, 4) is 0 Å². The number of esters is 1. The summed E-state index contributed by atoms with van der Waals surface area (Å²) in [6, 6.07) is 0. The van der Waals surface area contributed by atoms with Crippen molar-refractivity contribution < 1.29 is 14.7 Å². The Balaban J connectivity index is 2.06. The molecule has 2 rings (SSSR count). The van der Waals surface area contributed by atoms with Crippen LogP contribution in [0.3, 0.4) is 0 Å². The average molecular weight is 197 g/mol. The van der Waals surface area contributed by atoms with Crippen LogP contribution in [-0.4, -0.2) is 23.5 Å². The molecule has 2 fully saturated rings. The Hall–Kier alpha value is -1.06. The van der Waals surface area contributed by atoms with Crippen molar-refractivity contribution >= 4 is 11.7 Å². The number of fused-ring (bicyclic) bond motifs is 2.